The van der Waals surface area contributed by atoms with Crippen LogP contribution in [0.15, 0.2) is 0 Å². The minimum Gasteiger partial charge on any atom is -0.444 e. The summed E-state index contributed by atoms with van der Waals surface area (Å²) in [7, 11) is 0. The van der Waals surface area contributed by atoms with Crippen molar-refractivity contribution in [1.29, 1.82) is 0 Å². The van der Waals surface area contributed by atoms with Crippen molar-refractivity contribution in [3.05, 3.63) is 0 Å². The van der Waals surface area contributed by atoms with Gasteiger partial charge in [0, 0.05) is 26.2 Å². The molecule has 2 aliphatic heterocycles. The molecule has 0 N–H and O–H groups in total. The molecule has 1 atom stereocenters. The number of nitrogens with zero attached hydrogens (tertiary/aromatic N) is 2. The molecule has 2 fully saturated rings. The van der Waals surface area contributed by atoms with E-state index in [1.807, 2.05) is 46.4 Å². The number of likely N-dealkylation sites (tertiary alicyclic amines) is 1. The highest BCUT2D eigenvalue weighted by Crippen LogP contribution is 2.37. The second-order valence-electron chi connectivity index (χ2n) is 8.44. The summed E-state index contributed by atoms with van der Waals surface area (Å²) in [5.74, 6) is 0.0453. The Morgan fingerprint density at radius 2 is 1.92 bits per heavy atom. The maximum atomic E-state index is 12.4. The first kappa shape index (κ1) is 19.0. The molecule has 0 aromatic heterocycles. The van der Waals surface area contributed by atoms with Gasteiger partial charge >= 0.3 is 6.09 Å². The zero-order valence-electron chi connectivity index (χ0n) is 16.0. The summed E-state index contributed by atoms with van der Waals surface area (Å²) in [6.45, 7) is 13.9. The van der Waals surface area contributed by atoms with Crippen LogP contribution in [0.4, 0.5) is 4.79 Å². The molecule has 1 unspecified atom stereocenters. The summed E-state index contributed by atoms with van der Waals surface area (Å²) >= 11 is 0. The van der Waals surface area contributed by atoms with E-state index in [-0.39, 0.29) is 17.6 Å². The van der Waals surface area contributed by atoms with Gasteiger partial charge in [0.05, 0.1) is 5.60 Å². The number of amides is 2. The number of rotatable bonds is 1. The number of hydrogen-bond donors (Lipinski definition) is 0. The van der Waals surface area contributed by atoms with E-state index in [0.29, 0.717) is 26.2 Å². The molecule has 1 spiro atoms. The predicted octanol–water partition coefficient (Wildman–Crippen LogP) is 2.80. The van der Waals surface area contributed by atoms with Gasteiger partial charge in [-0.05, 0) is 60.8 Å². The molecule has 6 heteroatoms. The second kappa shape index (κ2) is 6.54. The highest BCUT2D eigenvalue weighted by molar-refractivity contribution is 5.85. The molecular formula is C18H32N2O4. The molecule has 2 aliphatic rings. The molecule has 138 valence electrons. The van der Waals surface area contributed by atoms with E-state index < -0.39 is 11.2 Å². The Morgan fingerprint density at radius 1 is 1.25 bits per heavy atom. The lowest BCUT2D eigenvalue weighted by Gasteiger charge is -2.49. The van der Waals surface area contributed by atoms with Gasteiger partial charge in [-0.3, -0.25) is 4.79 Å². The third-order valence-electron chi connectivity index (χ3n) is 4.68. The number of morpholine rings is 1. The second-order valence-corrected chi connectivity index (χ2v) is 8.44. The van der Waals surface area contributed by atoms with Gasteiger partial charge in [-0.2, -0.15) is 0 Å². The van der Waals surface area contributed by atoms with Gasteiger partial charge < -0.3 is 19.3 Å². The predicted molar refractivity (Wildman–Crippen MR) is 91.8 cm³/mol. The standard InChI is InChI=1S/C18H32N2O4/c1-7-19-13-18(24-17(5,6)14(19)21)9-8-11-20(12-10-18)15(22)23-16(2,3)4/h7-13H2,1-6H3. The van der Waals surface area contributed by atoms with Gasteiger partial charge in [0.15, 0.2) is 0 Å². The number of carbonyl (C=O) groups is 2. The fourth-order valence-electron chi connectivity index (χ4n) is 3.61. The minimum absolute atomic E-state index is 0.0453. The monoisotopic (exact) mass is 340 g/mol. The van der Waals surface area contributed by atoms with E-state index in [2.05, 4.69) is 0 Å². The summed E-state index contributed by atoms with van der Waals surface area (Å²) in [6.07, 6.45) is 2.15. The van der Waals surface area contributed by atoms with E-state index in [0.717, 1.165) is 19.3 Å². The quantitative estimate of drug-likeness (QED) is 0.736. The first-order valence-electron chi connectivity index (χ1n) is 8.95. The summed E-state index contributed by atoms with van der Waals surface area (Å²) in [5, 5.41) is 0. The van der Waals surface area contributed by atoms with E-state index in [1.54, 1.807) is 4.90 Å². The molecule has 0 saturated carbocycles. The largest absolute Gasteiger partial charge is 0.444 e. The van der Waals surface area contributed by atoms with E-state index >= 15 is 0 Å². The summed E-state index contributed by atoms with van der Waals surface area (Å²) < 4.78 is 11.8. The summed E-state index contributed by atoms with van der Waals surface area (Å²) in [5.41, 5.74) is -1.67. The van der Waals surface area contributed by atoms with Crippen LogP contribution in [-0.2, 0) is 14.3 Å². The molecule has 2 rings (SSSR count). The molecule has 2 amide bonds. The van der Waals surface area contributed by atoms with Crippen molar-refractivity contribution in [3.63, 3.8) is 0 Å². The van der Waals surface area contributed by atoms with Crippen molar-refractivity contribution in [2.75, 3.05) is 26.2 Å². The molecular weight excluding hydrogens is 308 g/mol. The van der Waals surface area contributed by atoms with Gasteiger partial charge in [0.2, 0.25) is 0 Å². The van der Waals surface area contributed by atoms with Crippen molar-refractivity contribution >= 4 is 12.0 Å². The van der Waals surface area contributed by atoms with Crippen LogP contribution in [0.1, 0.15) is 60.8 Å². The van der Waals surface area contributed by atoms with Gasteiger partial charge in [0.1, 0.15) is 11.2 Å². The average Bonchev–Trinajstić information content (AvgIpc) is 2.63. The maximum absolute atomic E-state index is 12.4. The average molecular weight is 340 g/mol. The van der Waals surface area contributed by atoms with Crippen LogP contribution in [0.3, 0.4) is 0 Å². The van der Waals surface area contributed by atoms with Crippen LogP contribution < -0.4 is 0 Å². The topological polar surface area (TPSA) is 59.1 Å². The Morgan fingerprint density at radius 3 is 2.50 bits per heavy atom. The lowest BCUT2D eigenvalue weighted by Crippen LogP contribution is -2.63. The van der Waals surface area contributed by atoms with Crippen LogP contribution in [0.5, 0.6) is 0 Å². The Kier molecular flexibility index (Phi) is 5.19. The summed E-state index contributed by atoms with van der Waals surface area (Å²) in [6, 6.07) is 0. The van der Waals surface area contributed by atoms with Crippen LogP contribution >= 0.6 is 0 Å². The van der Waals surface area contributed by atoms with Crippen LogP contribution in [-0.4, -0.2) is 64.8 Å². The smallest absolute Gasteiger partial charge is 0.410 e. The van der Waals surface area contributed by atoms with Crippen molar-refractivity contribution in [2.24, 2.45) is 0 Å². The lowest BCUT2D eigenvalue weighted by molar-refractivity contribution is -0.208. The molecule has 0 aromatic carbocycles. The van der Waals surface area contributed by atoms with Gasteiger partial charge in [-0.25, -0.2) is 4.79 Å². The molecule has 24 heavy (non-hydrogen) atoms. The van der Waals surface area contributed by atoms with Gasteiger partial charge in [-0.1, -0.05) is 0 Å². The zero-order valence-corrected chi connectivity index (χ0v) is 16.0. The number of carbonyl (C=O) groups excluding carboxylic acids is 2. The van der Waals surface area contributed by atoms with Crippen molar-refractivity contribution in [2.45, 2.75) is 77.6 Å². The van der Waals surface area contributed by atoms with Crippen LogP contribution in [0.2, 0.25) is 0 Å². The van der Waals surface area contributed by atoms with E-state index in [9.17, 15) is 9.59 Å². The Bertz CT molecular complexity index is 498. The first-order chi connectivity index (χ1) is 11.0. The number of likely N-dealkylation sites (N-methyl/N-ethyl adjacent to an activating group) is 1. The fraction of sp³-hybridized carbons (Fsp3) is 0.889. The number of ether oxygens (including phenoxy) is 2. The molecule has 0 radical (unpaired) electrons. The fourth-order valence-corrected chi connectivity index (χ4v) is 3.61. The summed E-state index contributed by atoms with van der Waals surface area (Å²) in [4.78, 5) is 28.4. The van der Waals surface area contributed by atoms with Crippen molar-refractivity contribution in [1.82, 2.24) is 9.80 Å². The molecule has 2 saturated heterocycles. The van der Waals surface area contributed by atoms with Crippen molar-refractivity contribution in [3.8, 4) is 0 Å². The zero-order chi connectivity index (χ0) is 18.2. The molecule has 2 heterocycles. The molecule has 0 aromatic rings. The normalized spacial score (nSPS) is 28.0. The van der Waals surface area contributed by atoms with Crippen LogP contribution in [0, 0.1) is 0 Å². The molecule has 0 aliphatic carbocycles. The van der Waals surface area contributed by atoms with E-state index in [4.69, 9.17) is 9.47 Å². The maximum Gasteiger partial charge on any atom is 0.410 e. The van der Waals surface area contributed by atoms with Crippen LogP contribution in [0.25, 0.3) is 0 Å². The Labute approximate surface area is 145 Å². The third kappa shape index (κ3) is 4.21. The van der Waals surface area contributed by atoms with E-state index in [1.165, 1.54) is 0 Å². The van der Waals surface area contributed by atoms with Crippen molar-refractivity contribution < 1.29 is 19.1 Å². The number of hydrogen-bond acceptors (Lipinski definition) is 4. The molecule has 0 bridgehead atoms. The Balaban J connectivity index is 2.09. The lowest BCUT2D eigenvalue weighted by atomic mass is 9.88. The van der Waals surface area contributed by atoms with Gasteiger partial charge in [0.25, 0.3) is 5.91 Å². The first-order valence-corrected chi connectivity index (χ1v) is 8.95. The molecule has 6 nitrogen and oxygen atoms in total. The third-order valence-corrected chi connectivity index (χ3v) is 4.68. The highest BCUT2D eigenvalue weighted by Gasteiger charge is 2.49. The Hall–Kier alpha value is -1.30. The van der Waals surface area contributed by atoms with Gasteiger partial charge in [-0.15, -0.1) is 0 Å². The SMILES string of the molecule is CCN1CC2(CCCN(C(=O)OC(C)(C)C)CC2)OC(C)(C)C1=O. The highest BCUT2D eigenvalue weighted by atomic mass is 16.6. The minimum atomic E-state index is -0.810.